The molecule has 0 aliphatic carbocycles. The van der Waals surface area contributed by atoms with E-state index in [-0.39, 0.29) is 47.9 Å². The maximum Gasteiger partial charge on any atom is 0.310 e. The number of carbonyl (C=O) groups is 1. The normalized spacial score (nSPS) is 13.1. The molecule has 5 rings (SSSR count). The SMILES string of the molecule is CCc1ccccc1OC(CC(=O)OCc1ccccc1)POc1ccccc1-c1c(C)c(OC(C)(C)C)cc(C(C)(C)C)c1OPC(CC)Oc1cc(C(C)C)ccc1CC. The fourth-order valence-electron chi connectivity index (χ4n) is 6.97. The van der Waals surface area contributed by atoms with Crippen molar-refractivity contribution in [1.29, 1.82) is 0 Å². The van der Waals surface area contributed by atoms with E-state index in [1.807, 2.05) is 72.8 Å². The van der Waals surface area contributed by atoms with Gasteiger partial charge in [0.15, 0.2) is 11.7 Å². The van der Waals surface area contributed by atoms with Crippen molar-refractivity contribution < 1.29 is 32.8 Å². The van der Waals surface area contributed by atoms with Crippen LogP contribution in [0.2, 0.25) is 0 Å². The maximum absolute atomic E-state index is 13.4. The maximum atomic E-state index is 13.4. The van der Waals surface area contributed by atoms with E-state index in [1.54, 1.807) is 0 Å². The highest BCUT2D eigenvalue weighted by atomic mass is 31.1. The van der Waals surface area contributed by atoms with Crippen LogP contribution in [0.5, 0.6) is 28.7 Å². The first kappa shape index (κ1) is 48.5. The molecule has 0 saturated carbocycles. The summed E-state index contributed by atoms with van der Waals surface area (Å²) in [5.74, 6) is 3.10. The monoisotopic (exact) mass is 878 g/mol. The van der Waals surface area contributed by atoms with Crippen molar-refractivity contribution in [3.8, 4) is 39.9 Å². The number of carbonyl (C=O) groups excluding carboxylic acids is 1. The van der Waals surface area contributed by atoms with Gasteiger partial charge in [-0.25, -0.2) is 0 Å². The van der Waals surface area contributed by atoms with Crippen LogP contribution in [0.3, 0.4) is 0 Å². The molecule has 0 saturated heterocycles. The third-order valence-corrected chi connectivity index (χ3v) is 12.5. The van der Waals surface area contributed by atoms with Gasteiger partial charge in [0.25, 0.3) is 0 Å². The Balaban J connectivity index is 1.54. The number of hydrogen-bond donors (Lipinski definition) is 0. The molecule has 0 aliphatic heterocycles. The second-order valence-electron chi connectivity index (χ2n) is 18.0. The lowest BCUT2D eigenvalue weighted by atomic mass is 9.82. The Hall–Kier alpha value is -4.57. The number of para-hydroxylation sites is 2. The standard InChI is InChI=1S/C53H68O7P2/c1-13-38-25-19-21-27-43(38)56-49(33-47(54)55-34-37-23-17-16-18-24-37)62-59-44-28-22-20-26-41(44)50-36(6)45(58-53(10,11)12)32-42(52(7,8)9)51(50)60-61-48(15-3)57-46-31-40(35(4)5)30-29-39(46)14-2/h16-32,35,48-49,61-62H,13-15,33-34H2,1-12H3. The first-order valence-electron chi connectivity index (χ1n) is 22.1. The Bertz CT molecular complexity index is 2220. The molecule has 0 spiro atoms. The number of esters is 1. The lowest BCUT2D eigenvalue weighted by molar-refractivity contribution is -0.146. The molecular formula is C53H68O7P2. The summed E-state index contributed by atoms with van der Waals surface area (Å²) in [6.07, 6.45) is 2.45. The summed E-state index contributed by atoms with van der Waals surface area (Å²) < 4.78 is 39.7. The Morgan fingerprint density at radius 3 is 1.92 bits per heavy atom. The van der Waals surface area contributed by atoms with Gasteiger partial charge in [-0.05, 0) is 105 Å². The zero-order chi connectivity index (χ0) is 45.0. The number of hydrogen-bond acceptors (Lipinski definition) is 7. The summed E-state index contributed by atoms with van der Waals surface area (Å²) in [7, 11) is -0.236. The van der Waals surface area contributed by atoms with Gasteiger partial charge in [-0.3, -0.25) is 4.79 Å². The molecule has 0 fully saturated rings. The Morgan fingerprint density at radius 2 is 1.27 bits per heavy atom. The molecule has 0 radical (unpaired) electrons. The molecule has 5 aromatic carbocycles. The molecule has 0 bridgehead atoms. The predicted octanol–water partition coefficient (Wildman–Crippen LogP) is 14.7. The van der Waals surface area contributed by atoms with Crippen LogP contribution in [0.4, 0.5) is 0 Å². The molecule has 0 aromatic heterocycles. The fourth-order valence-corrected chi connectivity index (χ4v) is 8.63. The zero-order valence-electron chi connectivity index (χ0n) is 38.9. The summed E-state index contributed by atoms with van der Waals surface area (Å²) in [4.78, 5) is 13.4. The van der Waals surface area contributed by atoms with E-state index in [0.29, 0.717) is 11.7 Å². The predicted molar refractivity (Wildman–Crippen MR) is 259 cm³/mol. The first-order valence-corrected chi connectivity index (χ1v) is 24.0. The van der Waals surface area contributed by atoms with Gasteiger partial charge in [0, 0.05) is 22.3 Å². The quantitative estimate of drug-likeness (QED) is 0.0569. The second-order valence-corrected chi connectivity index (χ2v) is 20.1. The number of ether oxygens (including phenoxy) is 4. The van der Waals surface area contributed by atoms with Gasteiger partial charge in [-0.15, -0.1) is 0 Å². The highest BCUT2D eigenvalue weighted by molar-refractivity contribution is 7.33. The van der Waals surface area contributed by atoms with Gasteiger partial charge in [0.2, 0.25) is 0 Å². The summed E-state index contributed by atoms with van der Waals surface area (Å²) in [6, 6.07) is 34.4. The van der Waals surface area contributed by atoms with E-state index in [1.165, 1.54) is 11.1 Å². The molecule has 4 atom stereocenters. The summed E-state index contributed by atoms with van der Waals surface area (Å²) in [5.41, 5.74) is 7.36. The van der Waals surface area contributed by atoms with Gasteiger partial charge in [-0.2, -0.15) is 0 Å². The molecule has 0 heterocycles. The van der Waals surface area contributed by atoms with Gasteiger partial charge < -0.3 is 28.0 Å². The molecule has 0 aliphatic rings. The van der Waals surface area contributed by atoms with E-state index < -0.39 is 11.4 Å². The lowest BCUT2D eigenvalue weighted by Crippen LogP contribution is -2.24. The van der Waals surface area contributed by atoms with Crippen LogP contribution in [0.1, 0.15) is 128 Å². The van der Waals surface area contributed by atoms with Crippen molar-refractivity contribution in [1.82, 2.24) is 0 Å². The van der Waals surface area contributed by atoms with Crippen molar-refractivity contribution in [2.45, 2.75) is 144 Å². The van der Waals surface area contributed by atoms with Gasteiger partial charge in [-0.1, -0.05) is 134 Å². The van der Waals surface area contributed by atoms with Crippen LogP contribution in [0, 0.1) is 6.92 Å². The number of aryl methyl sites for hydroxylation is 2. The minimum Gasteiger partial charge on any atom is -0.488 e. The largest absolute Gasteiger partial charge is 0.488 e. The highest BCUT2D eigenvalue weighted by Crippen LogP contribution is 2.51. The van der Waals surface area contributed by atoms with E-state index in [4.69, 9.17) is 28.0 Å². The van der Waals surface area contributed by atoms with Crippen LogP contribution in [-0.2, 0) is 34.4 Å². The van der Waals surface area contributed by atoms with Crippen LogP contribution in [0.15, 0.2) is 103 Å². The van der Waals surface area contributed by atoms with Gasteiger partial charge in [0.1, 0.15) is 58.6 Å². The average molecular weight is 879 g/mol. The molecule has 0 N–H and O–H groups in total. The Morgan fingerprint density at radius 1 is 0.661 bits per heavy atom. The molecule has 62 heavy (non-hydrogen) atoms. The average Bonchev–Trinajstić information content (AvgIpc) is 3.24. The van der Waals surface area contributed by atoms with E-state index in [2.05, 4.69) is 113 Å². The van der Waals surface area contributed by atoms with Crippen LogP contribution in [-0.4, -0.2) is 23.3 Å². The Labute approximate surface area is 375 Å². The van der Waals surface area contributed by atoms with Crippen molar-refractivity contribution in [2.75, 3.05) is 0 Å². The first-order chi connectivity index (χ1) is 29.5. The van der Waals surface area contributed by atoms with Crippen molar-refractivity contribution in [3.05, 3.63) is 137 Å². The van der Waals surface area contributed by atoms with Crippen LogP contribution >= 0.6 is 17.6 Å². The third-order valence-electron chi connectivity index (χ3n) is 10.5. The highest BCUT2D eigenvalue weighted by Gasteiger charge is 2.31. The third kappa shape index (κ3) is 13.5. The molecule has 7 nitrogen and oxygen atoms in total. The summed E-state index contributed by atoms with van der Waals surface area (Å²) in [5, 5.41) is 0. The molecule has 0 amide bonds. The number of benzene rings is 5. The molecule has 332 valence electrons. The second kappa shape index (κ2) is 22.2. The van der Waals surface area contributed by atoms with E-state index >= 15 is 0 Å². The van der Waals surface area contributed by atoms with Crippen molar-refractivity contribution in [3.63, 3.8) is 0 Å². The fraction of sp³-hybridized carbons (Fsp3) is 0.415. The minimum atomic E-state index is -0.609. The molecular weight excluding hydrogens is 811 g/mol. The zero-order valence-corrected chi connectivity index (χ0v) is 40.9. The summed E-state index contributed by atoms with van der Waals surface area (Å²) in [6.45, 7) is 25.9. The van der Waals surface area contributed by atoms with E-state index in [0.717, 1.165) is 75.6 Å². The number of rotatable bonds is 20. The smallest absolute Gasteiger partial charge is 0.310 e. The van der Waals surface area contributed by atoms with Crippen LogP contribution in [0.25, 0.3) is 11.1 Å². The van der Waals surface area contributed by atoms with Crippen molar-refractivity contribution in [2.24, 2.45) is 0 Å². The van der Waals surface area contributed by atoms with Crippen molar-refractivity contribution >= 4 is 23.6 Å². The lowest BCUT2D eigenvalue weighted by Gasteiger charge is -2.31. The van der Waals surface area contributed by atoms with Crippen LogP contribution < -0.4 is 23.3 Å². The van der Waals surface area contributed by atoms with Gasteiger partial charge in [0.05, 0.1) is 6.42 Å². The topological polar surface area (TPSA) is 72.5 Å². The molecule has 5 aromatic rings. The molecule has 4 unspecified atom stereocenters. The summed E-state index contributed by atoms with van der Waals surface area (Å²) >= 11 is 0. The molecule has 9 heteroatoms. The van der Waals surface area contributed by atoms with E-state index in [9.17, 15) is 4.79 Å². The minimum absolute atomic E-state index is 0.00371. The van der Waals surface area contributed by atoms with Gasteiger partial charge >= 0.3 is 5.97 Å². The Kier molecular flexibility index (Phi) is 17.3.